The molecule has 1 aliphatic carbocycles. The average molecular weight is 318 g/mol. The molecule has 0 aromatic heterocycles. The predicted octanol–water partition coefficient (Wildman–Crippen LogP) is 3.96. The summed E-state index contributed by atoms with van der Waals surface area (Å²) in [6.07, 6.45) is 6.01. The van der Waals surface area contributed by atoms with Gasteiger partial charge in [0, 0.05) is 17.8 Å². The molecule has 1 aromatic rings. The van der Waals surface area contributed by atoms with E-state index in [1.54, 1.807) is 0 Å². The molecule has 0 radical (unpaired) electrons. The molecule has 0 amide bonds. The fraction of sp³-hybridized carbons (Fsp3) is 0.538. The lowest BCUT2D eigenvalue weighted by molar-refractivity contribution is 0.524. The van der Waals surface area contributed by atoms with Crippen molar-refractivity contribution in [3.8, 4) is 0 Å². The molecular formula is C13H17BrFNS. The zero-order valence-electron chi connectivity index (χ0n) is 9.88. The van der Waals surface area contributed by atoms with Crippen molar-refractivity contribution in [2.45, 2.75) is 37.1 Å². The number of benzene rings is 1. The monoisotopic (exact) mass is 317 g/mol. The molecule has 0 aliphatic heterocycles. The summed E-state index contributed by atoms with van der Waals surface area (Å²) in [6.45, 7) is 0.824. The summed E-state index contributed by atoms with van der Waals surface area (Å²) in [5.41, 5.74) is 1.13. The minimum absolute atomic E-state index is 0.197. The molecule has 2 unspecified atom stereocenters. The van der Waals surface area contributed by atoms with Crippen LogP contribution in [0.2, 0.25) is 0 Å². The third-order valence-electron chi connectivity index (χ3n) is 3.30. The third-order valence-corrected chi connectivity index (χ3v) is 5.00. The highest BCUT2D eigenvalue weighted by Crippen LogP contribution is 2.28. The predicted molar refractivity (Wildman–Crippen MR) is 75.9 cm³/mol. The fourth-order valence-corrected chi connectivity index (χ4v) is 3.47. The van der Waals surface area contributed by atoms with Crippen LogP contribution in [0.25, 0.3) is 0 Å². The van der Waals surface area contributed by atoms with Gasteiger partial charge in [0.1, 0.15) is 5.82 Å². The van der Waals surface area contributed by atoms with Crippen molar-refractivity contribution < 1.29 is 4.39 Å². The number of halogens is 2. The van der Waals surface area contributed by atoms with Gasteiger partial charge in [-0.25, -0.2) is 4.39 Å². The molecule has 2 atom stereocenters. The summed E-state index contributed by atoms with van der Waals surface area (Å²) in [4.78, 5) is 0. The SMILES string of the molecule is CSC1CCC(NCc2ccc(F)c(Br)c2)C1. The first-order valence-corrected chi connectivity index (χ1v) is 7.97. The number of hydrogen-bond acceptors (Lipinski definition) is 2. The number of nitrogens with one attached hydrogen (secondary N) is 1. The maximum Gasteiger partial charge on any atom is 0.137 e. The van der Waals surface area contributed by atoms with E-state index < -0.39 is 0 Å². The summed E-state index contributed by atoms with van der Waals surface area (Å²) in [5.74, 6) is -0.197. The standard InChI is InChI=1S/C13H17BrFNS/c1-17-11-4-3-10(7-11)16-8-9-2-5-13(15)12(14)6-9/h2,5-6,10-11,16H,3-4,7-8H2,1H3. The molecule has 1 aliphatic rings. The van der Waals surface area contributed by atoms with Gasteiger partial charge < -0.3 is 5.32 Å². The minimum Gasteiger partial charge on any atom is -0.310 e. The summed E-state index contributed by atoms with van der Waals surface area (Å²) in [6, 6.07) is 5.83. The van der Waals surface area contributed by atoms with E-state index in [-0.39, 0.29) is 5.82 Å². The Morgan fingerprint density at radius 2 is 2.29 bits per heavy atom. The van der Waals surface area contributed by atoms with Crippen molar-refractivity contribution in [1.82, 2.24) is 5.32 Å². The molecule has 0 bridgehead atoms. The smallest absolute Gasteiger partial charge is 0.137 e. The first-order valence-electron chi connectivity index (χ1n) is 5.89. The summed E-state index contributed by atoms with van der Waals surface area (Å²) < 4.78 is 13.6. The van der Waals surface area contributed by atoms with Crippen molar-refractivity contribution in [2.75, 3.05) is 6.26 Å². The molecule has 94 valence electrons. The topological polar surface area (TPSA) is 12.0 Å². The second kappa shape index (κ2) is 6.21. The van der Waals surface area contributed by atoms with Gasteiger partial charge in [-0.3, -0.25) is 0 Å². The molecule has 0 spiro atoms. The molecule has 2 rings (SSSR count). The quantitative estimate of drug-likeness (QED) is 0.902. The van der Waals surface area contributed by atoms with Crippen LogP contribution in [0.5, 0.6) is 0 Å². The maximum absolute atomic E-state index is 13.1. The van der Waals surface area contributed by atoms with E-state index in [1.165, 1.54) is 25.3 Å². The molecule has 1 fully saturated rings. The molecule has 4 heteroatoms. The van der Waals surface area contributed by atoms with Gasteiger partial charge >= 0.3 is 0 Å². The molecule has 1 nitrogen and oxygen atoms in total. The lowest BCUT2D eigenvalue weighted by atomic mass is 10.2. The van der Waals surface area contributed by atoms with Crippen molar-refractivity contribution in [2.24, 2.45) is 0 Å². The molecule has 0 heterocycles. The van der Waals surface area contributed by atoms with Gasteiger partial charge in [0.05, 0.1) is 4.47 Å². The molecule has 1 aromatic carbocycles. The Bertz CT molecular complexity index is 386. The van der Waals surface area contributed by atoms with Gasteiger partial charge in [-0.1, -0.05) is 6.07 Å². The normalized spacial score (nSPS) is 24.2. The molecule has 1 saturated carbocycles. The second-order valence-corrected chi connectivity index (χ2v) is 6.49. The first kappa shape index (κ1) is 13.4. The van der Waals surface area contributed by atoms with Crippen LogP contribution < -0.4 is 5.32 Å². The van der Waals surface area contributed by atoms with Crippen LogP contribution in [-0.4, -0.2) is 17.5 Å². The summed E-state index contributed by atoms with van der Waals surface area (Å²) >= 11 is 5.18. The van der Waals surface area contributed by atoms with Crippen LogP contribution in [0.4, 0.5) is 4.39 Å². The van der Waals surface area contributed by atoms with Gasteiger partial charge in [-0.15, -0.1) is 0 Å². The minimum atomic E-state index is -0.197. The lowest BCUT2D eigenvalue weighted by Crippen LogP contribution is -2.26. The van der Waals surface area contributed by atoms with Gasteiger partial charge in [0.15, 0.2) is 0 Å². The van der Waals surface area contributed by atoms with E-state index >= 15 is 0 Å². The van der Waals surface area contributed by atoms with Crippen molar-refractivity contribution in [3.63, 3.8) is 0 Å². The number of thioether (sulfide) groups is 1. The van der Waals surface area contributed by atoms with E-state index in [9.17, 15) is 4.39 Å². The van der Waals surface area contributed by atoms with Crippen LogP contribution in [-0.2, 0) is 6.54 Å². The summed E-state index contributed by atoms with van der Waals surface area (Å²) in [7, 11) is 0. The molecule has 1 N–H and O–H groups in total. The van der Waals surface area contributed by atoms with Crippen LogP contribution in [0.15, 0.2) is 22.7 Å². The Morgan fingerprint density at radius 3 is 2.94 bits per heavy atom. The second-order valence-electron chi connectivity index (χ2n) is 4.50. The van der Waals surface area contributed by atoms with E-state index in [1.807, 2.05) is 23.9 Å². The van der Waals surface area contributed by atoms with Crippen molar-refractivity contribution >= 4 is 27.7 Å². The average Bonchev–Trinajstić information content (AvgIpc) is 2.79. The first-order chi connectivity index (χ1) is 8.19. The highest BCUT2D eigenvalue weighted by atomic mass is 79.9. The van der Waals surface area contributed by atoms with E-state index in [0.717, 1.165) is 17.4 Å². The zero-order valence-corrected chi connectivity index (χ0v) is 12.3. The fourth-order valence-electron chi connectivity index (χ4n) is 2.25. The third kappa shape index (κ3) is 3.70. The molecular weight excluding hydrogens is 301 g/mol. The summed E-state index contributed by atoms with van der Waals surface area (Å²) in [5, 5.41) is 4.36. The Labute approximate surface area is 115 Å². The highest BCUT2D eigenvalue weighted by molar-refractivity contribution is 9.10. The van der Waals surface area contributed by atoms with Gasteiger partial charge in [0.25, 0.3) is 0 Å². The van der Waals surface area contributed by atoms with Gasteiger partial charge in [0.2, 0.25) is 0 Å². The van der Waals surface area contributed by atoms with E-state index in [0.29, 0.717) is 10.5 Å². The Hall–Kier alpha value is -0.0600. The van der Waals surface area contributed by atoms with E-state index in [4.69, 9.17) is 0 Å². The number of hydrogen-bond donors (Lipinski definition) is 1. The largest absolute Gasteiger partial charge is 0.310 e. The lowest BCUT2D eigenvalue weighted by Gasteiger charge is -2.13. The molecule has 17 heavy (non-hydrogen) atoms. The van der Waals surface area contributed by atoms with E-state index in [2.05, 4.69) is 27.5 Å². The van der Waals surface area contributed by atoms with Crippen molar-refractivity contribution in [3.05, 3.63) is 34.1 Å². The zero-order chi connectivity index (χ0) is 12.3. The van der Waals surface area contributed by atoms with Crippen molar-refractivity contribution in [1.29, 1.82) is 0 Å². The Balaban J connectivity index is 1.84. The van der Waals surface area contributed by atoms with Crippen LogP contribution in [0, 0.1) is 5.82 Å². The van der Waals surface area contributed by atoms with Gasteiger partial charge in [-0.2, -0.15) is 11.8 Å². The van der Waals surface area contributed by atoms with Crippen LogP contribution in [0.3, 0.4) is 0 Å². The van der Waals surface area contributed by atoms with Gasteiger partial charge in [-0.05, 0) is 59.1 Å². The van der Waals surface area contributed by atoms with Crippen LogP contribution in [0.1, 0.15) is 24.8 Å². The Kier molecular flexibility index (Phi) is 4.88. The maximum atomic E-state index is 13.1. The number of rotatable bonds is 4. The Morgan fingerprint density at radius 1 is 1.47 bits per heavy atom. The molecule has 0 saturated heterocycles. The highest BCUT2D eigenvalue weighted by Gasteiger charge is 2.23. The van der Waals surface area contributed by atoms with Crippen LogP contribution >= 0.6 is 27.7 Å².